The number of hydrogen-bond donors (Lipinski definition) is 0. The molecule has 6 nitrogen and oxygen atoms in total. The number of rotatable bonds is 9. The molecular formula is C25H30N4O2S2. The number of benzene rings is 2. The first-order valence-electron chi connectivity index (χ1n) is 11.3. The summed E-state index contributed by atoms with van der Waals surface area (Å²) in [6.07, 6.45) is 1.00. The quantitative estimate of drug-likeness (QED) is 0.386. The third-order valence-electron chi connectivity index (χ3n) is 5.40. The van der Waals surface area contributed by atoms with Crippen LogP contribution in [0.4, 0.5) is 5.69 Å². The van der Waals surface area contributed by atoms with Crippen molar-refractivity contribution in [2.75, 3.05) is 23.0 Å². The van der Waals surface area contributed by atoms with Gasteiger partial charge in [0.05, 0.1) is 11.4 Å². The number of aromatic nitrogens is 3. The lowest BCUT2D eigenvalue weighted by molar-refractivity contribution is -0.116. The van der Waals surface area contributed by atoms with Crippen molar-refractivity contribution < 1.29 is 9.53 Å². The van der Waals surface area contributed by atoms with Gasteiger partial charge in [-0.15, -0.1) is 22.0 Å². The van der Waals surface area contributed by atoms with Crippen LogP contribution in [-0.2, 0) is 24.4 Å². The lowest BCUT2D eigenvalue weighted by atomic mass is 10.2. The molecule has 0 aliphatic carbocycles. The van der Waals surface area contributed by atoms with Gasteiger partial charge >= 0.3 is 0 Å². The molecule has 1 aromatic heterocycles. The van der Waals surface area contributed by atoms with Crippen LogP contribution in [0.5, 0.6) is 5.75 Å². The van der Waals surface area contributed by atoms with Gasteiger partial charge < -0.3 is 14.2 Å². The fourth-order valence-electron chi connectivity index (χ4n) is 3.68. The smallest absolute Gasteiger partial charge is 0.237 e. The van der Waals surface area contributed by atoms with Crippen LogP contribution < -0.4 is 9.64 Å². The molecule has 0 unspecified atom stereocenters. The second-order valence-corrected chi connectivity index (χ2v) is 10.4. The van der Waals surface area contributed by atoms with Crippen LogP contribution in [0.15, 0.2) is 58.6 Å². The van der Waals surface area contributed by atoms with Gasteiger partial charge in [0.2, 0.25) is 5.91 Å². The molecule has 1 aliphatic rings. The molecule has 0 saturated heterocycles. The number of aryl methyl sites for hydroxylation is 1. The fraction of sp³-hybridized carbons (Fsp3) is 0.400. The Bertz CT molecular complexity index is 1080. The van der Waals surface area contributed by atoms with E-state index in [-0.39, 0.29) is 5.91 Å². The minimum atomic E-state index is 0.0978. The van der Waals surface area contributed by atoms with Gasteiger partial charge in [-0.05, 0) is 42.2 Å². The van der Waals surface area contributed by atoms with Crippen molar-refractivity contribution in [3.63, 3.8) is 0 Å². The molecule has 33 heavy (non-hydrogen) atoms. The third kappa shape index (κ3) is 5.92. The Kier molecular flexibility index (Phi) is 7.98. The number of anilines is 1. The topological polar surface area (TPSA) is 60.3 Å². The monoisotopic (exact) mass is 482 g/mol. The minimum Gasteiger partial charge on any atom is -0.486 e. The zero-order valence-corrected chi connectivity index (χ0v) is 21.0. The van der Waals surface area contributed by atoms with E-state index in [2.05, 4.69) is 53.7 Å². The summed E-state index contributed by atoms with van der Waals surface area (Å²) in [6, 6.07) is 16.2. The summed E-state index contributed by atoms with van der Waals surface area (Å²) < 4.78 is 8.06. The van der Waals surface area contributed by atoms with Crippen molar-refractivity contribution in [1.29, 1.82) is 0 Å². The molecule has 8 heteroatoms. The van der Waals surface area contributed by atoms with Gasteiger partial charge in [-0.25, -0.2) is 0 Å². The highest BCUT2D eigenvalue weighted by atomic mass is 32.2. The molecule has 1 amide bonds. The standard InChI is InChI=1S/C25H30N4O2S2/c1-4-19-9-11-20(12-10-19)31-16-23-26-27-25(29(23)15-18(2)3)33-17-24(30)28-13-14-32-22-8-6-5-7-21(22)28/h5-12,18H,4,13-17H2,1-3H3. The first-order valence-corrected chi connectivity index (χ1v) is 13.3. The average molecular weight is 483 g/mol. The summed E-state index contributed by atoms with van der Waals surface area (Å²) in [5.74, 6) is 3.35. The number of carbonyl (C=O) groups excluding carboxylic acids is 1. The Morgan fingerprint density at radius 3 is 2.70 bits per heavy atom. The van der Waals surface area contributed by atoms with Gasteiger partial charge in [0.15, 0.2) is 11.0 Å². The maximum atomic E-state index is 13.1. The molecule has 2 aromatic carbocycles. The van der Waals surface area contributed by atoms with Gasteiger partial charge in [-0.2, -0.15) is 0 Å². The van der Waals surface area contributed by atoms with Crippen LogP contribution in [0.3, 0.4) is 0 Å². The van der Waals surface area contributed by atoms with Crippen LogP contribution in [-0.4, -0.2) is 38.7 Å². The Balaban J connectivity index is 1.43. The van der Waals surface area contributed by atoms with Gasteiger partial charge in [0.25, 0.3) is 0 Å². The van der Waals surface area contributed by atoms with Crippen LogP contribution in [0, 0.1) is 5.92 Å². The fourth-order valence-corrected chi connectivity index (χ4v) is 5.52. The Hall–Kier alpha value is -2.45. The molecule has 0 N–H and O–H groups in total. The van der Waals surface area contributed by atoms with Gasteiger partial charge in [-0.3, -0.25) is 4.79 Å². The molecule has 0 atom stereocenters. The number of thioether (sulfide) groups is 2. The van der Waals surface area contributed by atoms with Crippen molar-refractivity contribution in [3.8, 4) is 5.75 Å². The van der Waals surface area contributed by atoms with Crippen LogP contribution in [0.2, 0.25) is 0 Å². The van der Waals surface area contributed by atoms with E-state index in [0.717, 1.165) is 52.6 Å². The molecule has 1 aliphatic heterocycles. The van der Waals surface area contributed by atoms with E-state index in [0.29, 0.717) is 18.3 Å². The van der Waals surface area contributed by atoms with Gasteiger partial charge in [0.1, 0.15) is 12.4 Å². The number of hydrogen-bond acceptors (Lipinski definition) is 6. The number of amides is 1. The molecule has 4 rings (SSSR count). The van der Waals surface area contributed by atoms with Crippen molar-refractivity contribution in [2.45, 2.75) is 50.4 Å². The van der Waals surface area contributed by atoms with Gasteiger partial charge in [-0.1, -0.05) is 56.8 Å². The third-order valence-corrected chi connectivity index (χ3v) is 7.39. The highest BCUT2D eigenvalue weighted by Crippen LogP contribution is 2.35. The maximum absolute atomic E-state index is 13.1. The molecule has 2 heterocycles. The van der Waals surface area contributed by atoms with Crippen LogP contribution in [0.25, 0.3) is 0 Å². The Labute approximate surface area is 204 Å². The summed E-state index contributed by atoms with van der Waals surface area (Å²) in [7, 11) is 0. The first kappa shape index (κ1) is 23.7. The molecule has 0 bridgehead atoms. The zero-order valence-electron chi connectivity index (χ0n) is 19.4. The predicted molar refractivity (Wildman–Crippen MR) is 135 cm³/mol. The normalized spacial score (nSPS) is 13.3. The van der Waals surface area contributed by atoms with Crippen molar-refractivity contribution in [2.24, 2.45) is 5.92 Å². The summed E-state index contributed by atoms with van der Waals surface area (Å²) in [6.45, 7) is 8.32. The van der Waals surface area contributed by atoms with E-state index in [1.807, 2.05) is 35.2 Å². The number of carbonyl (C=O) groups is 1. The number of fused-ring (bicyclic) bond motifs is 1. The molecule has 174 valence electrons. The van der Waals surface area contributed by atoms with E-state index in [1.165, 1.54) is 17.3 Å². The van der Waals surface area contributed by atoms with Crippen molar-refractivity contribution >= 4 is 35.1 Å². The molecular weight excluding hydrogens is 452 g/mol. The highest BCUT2D eigenvalue weighted by Gasteiger charge is 2.24. The summed E-state index contributed by atoms with van der Waals surface area (Å²) in [4.78, 5) is 16.1. The predicted octanol–water partition coefficient (Wildman–Crippen LogP) is 5.31. The van der Waals surface area contributed by atoms with E-state index >= 15 is 0 Å². The second kappa shape index (κ2) is 11.1. The molecule has 3 aromatic rings. The molecule has 0 saturated carbocycles. The van der Waals surface area contributed by atoms with E-state index in [9.17, 15) is 4.79 Å². The number of para-hydroxylation sites is 1. The highest BCUT2D eigenvalue weighted by molar-refractivity contribution is 8.00. The van der Waals surface area contributed by atoms with Crippen molar-refractivity contribution in [1.82, 2.24) is 14.8 Å². The lowest BCUT2D eigenvalue weighted by Crippen LogP contribution is -2.36. The van der Waals surface area contributed by atoms with E-state index in [1.54, 1.807) is 11.8 Å². The van der Waals surface area contributed by atoms with Crippen LogP contribution >= 0.6 is 23.5 Å². The summed E-state index contributed by atoms with van der Waals surface area (Å²) >= 11 is 3.25. The Morgan fingerprint density at radius 1 is 1.15 bits per heavy atom. The Morgan fingerprint density at radius 2 is 1.94 bits per heavy atom. The minimum absolute atomic E-state index is 0.0978. The average Bonchev–Trinajstić information content (AvgIpc) is 3.21. The van der Waals surface area contributed by atoms with E-state index < -0.39 is 0 Å². The second-order valence-electron chi connectivity index (χ2n) is 8.34. The molecule has 0 radical (unpaired) electrons. The lowest BCUT2D eigenvalue weighted by Gasteiger charge is -2.28. The number of ether oxygens (including phenoxy) is 1. The molecule has 0 fully saturated rings. The largest absolute Gasteiger partial charge is 0.486 e. The summed E-state index contributed by atoms with van der Waals surface area (Å²) in [5.41, 5.74) is 2.29. The zero-order chi connectivity index (χ0) is 23.2. The maximum Gasteiger partial charge on any atom is 0.237 e. The molecule has 0 spiro atoms. The van der Waals surface area contributed by atoms with Gasteiger partial charge in [0, 0.05) is 23.7 Å². The first-order chi connectivity index (χ1) is 16.0. The van der Waals surface area contributed by atoms with E-state index in [4.69, 9.17) is 4.74 Å². The van der Waals surface area contributed by atoms with Crippen LogP contribution in [0.1, 0.15) is 32.2 Å². The SMILES string of the molecule is CCc1ccc(OCc2nnc(SCC(=O)N3CCSc4ccccc43)n2CC(C)C)cc1. The number of nitrogens with zero attached hydrogens (tertiary/aromatic N) is 4. The van der Waals surface area contributed by atoms with Crippen molar-refractivity contribution in [3.05, 3.63) is 59.9 Å². The summed E-state index contributed by atoms with van der Waals surface area (Å²) in [5, 5.41) is 9.54.